The summed E-state index contributed by atoms with van der Waals surface area (Å²) in [5.74, 6) is -1.25. The summed E-state index contributed by atoms with van der Waals surface area (Å²) >= 11 is 1.12. The van der Waals surface area contributed by atoms with Gasteiger partial charge in [-0.1, -0.05) is 23.9 Å². The highest BCUT2D eigenvalue weighted by molar-refractivity contribution is 7.98. The fourth-order valence-corrected chi connectivity index (χ4v) is 3.17. The van der Waals surface area contributed by atoms with E-state index in [1.165, 1.54) is 12.1 Å². The summed E-state index contributed by atoms with van der Waals surface area (Å²) in [6.45, 7) is 0.647. The second-order valence-electron chi connectivity index (χ2n) is 5.66. The van der Waals surface area contributed by atoms with Gasteiger partial charge in [0.2, 0.25) is 0 Å². The highest BCUT2D eigenvalue weighted by Crippen LogP contribution is 2.25. The number of anilines is 1. The first kappa shape index (κ1) is 19.2. The van der Waals surface area contributed by atoms with E-state index in [2.05, 4.69) is 25.3 Å². The van der Waals surface area contributed by atoms with Crippen molar-refractivity contribution in [3.63, 3.8) is 0 Å². The van der Waals surface area contributed by atoms with Crippen LogP contribution in [0, 0.1) is 11.6 Å². The summed E-state index contributed by atoms with van der Waals surface area (Å²) in [5, 5.41) is 12.3. The van der Waals surface area contributed by atoms with Gasteiger partial charge in [-0.2, -0.15) is 0 Å². The number of H-pyrrole nitrogens is 1. The van der Waals surface area contributed by atoms with E-state index >= 15 is 0 Å². The molecule has 27 heavy (non-hydrogen) atoms. The van der Waals surface area contributed by atoms with E-state index in [1.807, 2.05) is 0 Å². The van der Waals surface area contributed by atoms with Crippen LogP contribution in [-0.2, 0) is 5.75 Å². The number of unbranched alkanes of at least 4 members (excludes halogenated alkanes) is 1. The second-order valence-corrected chi connectivity index (χ2v) is 6.60. The van der Waals surface area contributed by atoms with Gasteiger partial charge in [-0.25, -0.2) is 23.7 Å². The van der Waals surface area contributed by atoms with E-state index in [9.17, 15) is 13.6 Å². The molecule has 10 heteroatoms. The van der Waals surface area contributed by atoms with Crippen molar-refractivity contribution in [3.8, 4) is 0 Å². The molecule has 0 aliphatic heterocycles. The van der Waals surface area contributed by atoms with E-state index < -0.39 is 17.2 Å². The Morgan fingerprint density at radius 2 is 2.07 bits per heavy atom. The van der Waals surface area contributed by atoms with Crippen molar-refractivity contribution in [2.24, 2.45) is 0 Å². The van der Waals surface area contributed by atoms with Gasteiger partial charge in [0.25, 0.3) is 5.56 Å². The summed E-state index contributed by atoms with van der Waals surface area (Å²) in [5.41, 5.74) is 0.449. The van der Waals surface area contributed by atoms with Crippen LogP contribution in [-0.4, -0.2) is 38.2 Å². The van der Waals surface area contributed by atoms with Crippen molar-refractivity contribution in [1.29, 1.82) is 0 Å². The van der Waals surface area contributed by atoms with Crippen LogP contribution < -0.4 is 10.9 Å². The second kappa shape index (κ2) is 8.87. The van der Waals surface area contributed by atoms with Gasteiger partial charge in [0.15, 0.2) is 28.3 Å². The molecule has 142 valence electrons. The molecule has 0 aliphatic rings. The zero-order valence-electron chi connectivity index (χ0n) is 14.2. The molecular formula is C17H17F2N5O2S. The standard InChI is InChI=1S/C17H17F2N5O2S/c18-11-5-3-4-10(13(11)19)9-27-17-23-15(20-6-1-2-7-25)14-16(24-17)22-12(26)8-21-14/h3-5,8,25H,1-2,6-7,9H2,(H2,20,22,23,24,26). The Kier molecular flexibility index (Phi) is 6.30. The van der Waals surface area contributed by atoms with Crippen LogP contribution in [0.1, 0.15) is 18.4 Å². The predicted octanol–water partition coefficient (Wildman–Crippen LogP) is 2.47. The minimum absolute atomic E-state index is 0.0953. The number of rotatable bonds is 8. The zero-order chi connectivity index (χ0) is 19.2. The molecule has 0 aliphatic carbocycles. The van der Waals surface area contributed by atoms with Gasteiger partial charge in [-0.05, 0) is 18.9 Å². The number of benzene rings is 1. The third-order valence-electron chi connectivity index (χ3n) is 3.68. The molecule has 0 atom stereocenters. The molecule has 3 rings (SSSR count). The monoisotopic (exact) mass is 393 g/mol. The number of fused-ring (bicyclic) bond motifs is 1. The lowest BCUT2D eigenvalue weighted by molar-refractivity contribution is 0.286. The topological polar surface area (TPSA) is 104 Å². The Labute approximate surface area is 157 Å². The van der Waals surface area contributed by atoms with E-state index in [4.69, 9.17) is 5.11 Å². The maximum Gasteiger partial charge on any atom is 0.268 e. The van der Waals surface area contributed by atoms with Crippen LogP contribution in [0.15, 0.2) is 34.3 Å². The lowest BCUT2D eigenvalue weighted by Gasteiger charge is -2.09. The highest BCUT2D eigenvalue weighted by Gasteiger charge is 2.13. The van der Waals surface area contributed by atoms with Crippen molar-refractivity contribution >= 4 is 28.7 Å². The van der Waals surface area contributed by atoms with Crippen LogP contribution >= 0.6 is 11.8 Å². The summed E-state index contributed by atoms with van der Waals surface area (Å²) in [7, 11) is 0. The first-order chi connectivity index (χ1) is 13.1. The van der Waals surface area contributed by atoms with Gasteiger partial charge in [0, 0.05) is 24.5 Å². The third kappa shape index (κ3) is 4.77. The normalized spacial score (nSPS) is 11.1. The van der Waals surface area contributed by atoms with Crippen molar-refractivity contribution in [2.45, 2.75) is 23.8 Å². The number of halogens is 2. The van der Waals surface area contributed by atoms with Gasteiger partial charge >= 0.3 is 0 Å². The minimum Gasteiger partial charge on any atom is -0.396 e. The molecule has 0 spiro atoms. The Morgan fingerprint density at radius 1 is 1.22 bits per heavy atom. The van der Waals surface area contributed by atoms with E-state index in [-0.39, 0.29) is 23.6 Å². The van der Waals surface area contributed by atoms with Crippen LogP contribution in [0.2, 0.25) is 0 Å². The molecule has 0 saturated heterocycles. The average molecular weight is 393 g/mol. The molecule has 2 heterocycles. The molecule has 1 aromatic carbocycles. The third-order valence-corrected chi connectivity index (χ3v) is 4.58. The first-order valence-electron chi connectivity index (χ1n) is 8.26. The molecule has 7 nitrogen and oxygen atoms in total. The molecular weight excluding hydrogens is 376 g/mol. The van der Waals surface area contributed by atoms with E-state index in [0.29, 0.717) is 29.5 Å². The molecule has 3 N–H and O–H groups in total. The fraction of sp³-hybridized carbons (Fsp3) is 0.294. The Bertz CT molecular complexity index is 999. The Balaban J connectivity index is 1.85. The van der Waals surface area contributed by atoms with Crippen LogP contribution in [0.3, 0.4) is 0 Å². The SMILES string of the molecule is O=c1cnc2c(NCCCCO)nc(SCc3cccc(F)c3F)nc2[nH]1. The number of aromatic amines is 1. The number of thioether (sulfide) groups is 1. The van der Waals surface area contributed by atoms with Crippen molar-refractivity contribution in [3.05, 3.63) is 51.9 Å². The highest BCUT2D eigenvalue weighted by atomic mass is 32.2. The van der Waals surface area contributed by atoms with Crippen LogP contribution in [0.5, 0.6) is 0 Å². The lowest BCUT2D eigenvalue weighted by atomic mass is 10.2. The minimum atomic E-state index is -0.910. The number of hydrogen-bond acceptors (Lipinski definition) is 7. The number of hydrogen-bond donors (Lipinski definition) is 3. The molecule has 3 aromatic rings. The Hall–Kier alpha value is -2.59. The average Bonchev–Trinajstić information content (AvgIpc) is 2.66. The maximum absolute atomic E-state index is 13.8. The summed E-state index contributed by atoms with van der Waals surface area (Å²) in [6, 6.07) is 3.98. The van der Waals surface area contributed by atoms with Crippen molar-refractivity contribution in [2.75, 3.05) is 18.5 Å². The number of aliphatic hydroxyl groups excluding tert-OH is 1. The molecule has 0 amide bonds. The van der Waals surface area contributed by atoms with Crippen LogP contribution in [0.25, 0.3) is 11.2 Å². The van der Waals surface area contributed by atoms with Gasteiger partial charge in [0.05, 0.1) is 6.20 Å². The van der Waals surface area contributed by atoms with Crippen molar-refractivity contribution < 1.29 is 13.9 Å². The zero-order valence-corrected chi connectivity index (χ0v) is 15.0. The molecule has 2 aromatic heterocycles. The van der Waals surface area contributed by atoms with Crippen LogP contribution in [0.4, 0.5) is 14.6 Å². The largest absolute Gasteiger partial charge is 0.396 e. The van der Waals surface area contributed by atoms with Crippen molar-refractivity contribution in [1.82, 2.24) is 19.9 Å². The fourth-order valence-electron chi connectivity index (χ4n) is 2.35. The lowest BCUT2D eigenvalue weighted by Crippen LogP contribution is -2.11. The number of nitrogens with one attached hydrogen (secondary N) is 2. The number of nitrogens with zero attached hydrogens (tertiary/aromatic N) is 3. The molecule has 0 unspecified atom stereocenters. The van der Waals surface area contributed by atoms with Gasteiger partial charge in [0.1, 0.15) is 5.52 Å². The number of aliphatic hydroxyl groups is 1. The molecule has 0 fully saturated rings. The van der Waals surface area contributed by atoms with Gasteiger partial charge in [-0.3, -0.25) is 4.79 Å². The summed E-state index contributed by atoms with van der Waals surface area (Å²) in [6.07, 6.45) is 2.50. The van der Waals surface area contributed by atoms with Gasteiger partial charge < -0.3 is 15.4 Å². The smallest absolute Gasteiger partial charge is 0.268 e. The predicted molar refractivity (Wildman–Crippen MR) is 98.7 cm³/mol. The first-order valence-corrected chi connectivity index (χ1v) is 9.24. The Morgan fingerprint density at radius 3 is 2.89 bits per heavy atom. The van der Waals surface area contributed by atoms with E-state index in [1.54, 1.807) is 0 Å². The molecule has 0 saturated carbocycles. The summed E-state index contributed by atoms with van der Waals surface area (Å²) < 4.78 is 27.1. The molecule has 0 radical (unpaired) electrons. The van der Waals surface area contributed by atoms with E-state index in [0.717, 1.165) is 30.4 Å². The quantitative estimate of drug-likeness (QED) is 0.307. The number of aromatic nitrogens is 4. The maximum atomic E-state index is 13.8. The molecule has 0 bridgehead atoms. The summed E-state index contributed by atoms with van der Waals surface area (Å²) in [4.78, 5) is 26.8. The van der Waals surface area contributed by atoms with Gasteiger partial charge in [-0.15, -0.1) is 0 Å².